The fourth-order valence-corrected chi connectivity index (χ4v) is 2.77. The summed E-state index contributed by atoms with van der Waals surface area (Å²) < 4.78 is 0. The van der Waals surface area contributed by atoms with Crippen molar-refractivity contribution in [3.8, 4) is 0 Å². The molecule has 2 heterocycles. The van der Waals surface area contributed by atoms with Crippen LogP contribution in [0.5, 0.6) is 0 Å². The van der Waals surface area contributed by atoms with E-state index >= 15 is 0 Å². The lowest BCUT2D eigenvalue weighted by Gasteiger charge is -2.36. The highest BCUT2D eigenvalue weighted by Gasteiger charge is 2.22. The third-order valence-corrected chi connectivity index (χ3v) is 4.09. The fraction of sp³-hybridized carbons (Fsp3) is 0.333. The van der Waals surface area contributed by atoms with Crippen LogP contribution in [0.15, 0.2) is 42.6 Å². The second-order valence-corrected chi connectivity index (χ2v) is 5.81. The molecule has 1 aliphatic heterocycles. The Morgan fingerprint density at radius 3 is 2.45 bits per heavy atom. The minimum Gasteiger partial charge on any atom is -0.368 e. The van der Waals surface area contributed by atoms with Gasteiger partial charge in [0.2, 0.25) is 0 Å². The SMILES string of the molecule is Cc1cccc(N2CCN(C(=O)c3ccc(C)nc3)CC2)c1. The highest BCUT2D eigenvalue weighted by atomic mass is 16.2. The molecule has 0 N–H and O–H groups in total. The maximum atomic E-state index is 12.5. The van der Waals surface area contributed by atoms with E-state index in [4.69, 9.17) is 0 Å². The van der Waals surface area contributed by atoms with Gasteiger partial charge in [0.25, 0.3) is 5.91 Å². The van der Waals surface area contributed by atoms with Crippen LogP contribution < -0.4 is 4.90 Å². The van der Waals surface area contributed by atoms with Crippen molar-refractivity contribution in [1.29, 1.82) is 0 Å². The van der Waals surface area contributed by atoms with Gasteiger partial charge in [0.15, 0.2) is 0 Å². The van der Waals surface area contributed by atoms with E-state index in [1.54, 1.807) is 6.20 Å². The van der Waals surface area contributed by atoms with Crippen molar-refractivity contribution in [3.63, 3.8) is 0 Å². The fourth-order valence-electron chi connectivity index (χ4n) is 2.77. The van der Waals surface area contributed by atoms with Gasteiger partial charge in [-0.25, -0.2) is 0 Å². The van der Waals surface area contributed by atoms with Crippen LogP contribution in [0.4, 0.5) is 5.69 Å². The zero-order chi connectivity index (χ0) is 15.5. The largest absolute Gasteiger partial charge is 0.368 e. The number of piperazine rings is 1. The molecule has 1 aromatic carbocycles. The van der Waals surface area contributed by atoms with Crippen LogP contribution in [0, 0.1) is 13.8 Å². The first kappa shape index (κ1) is 14.6. The van der Waals surface area contributed by atoms with Gasteiger partial charge in [0.05, 0.1) is 5.56 Å². The molecule has 0 unspecified atom stereocenters. The highest BCUT2D eigenvalue weighted by Crippen LogP contribution is 2.18. The highest BCUT2D eigenvalue weighted by molar-refractivity contribution is 5.94. The third-order valence-electron chi connectivity index (χ3n) is 4.09. The van der Waals surface area contributed by atoms with Gasteiger partial charge in [0, 0.05) is 43.8 Å². The lowest BCUT2D eigenvalue weighted by Crippen LogP contribution is -2.48. The van der Waals surface area contributed by atoms with Gasteiger partial charge in [-0.3, -0.25) is 9.78 Å². The molecule has 0 spiro atoms. The quantitative estimate of drug-likeness (QED) is 0.854. The summed E-state index contributed by atoms with van der Waals surface area (Å²) >= 11 is 0. The Kier molecular flexibility index (Phi) is 4.09. The van der Waals surface area contributed by atoms with E-state index in [1.165, 1.54) is 11.3 Å². The molecular formula is C18H21N3O. The summed E-state index contributed by atoms with van der Waals surface area (Å²) in [5.41, 5.74) is 4.11. The summed E-state index contributed by atoms with van der Waals surface area (Å²) in [6, 6.07) is 12.3. The summed E-state index contributed by atoms with van der Waals surface area (Å²) in [5.74, 6) is 0.0800. The van der Waals surface area contributed by atoms with Crippen molar-refractivity contribution in [2.45, 2.75) is 13.8 Å². The van der Waals surface area contributed by atoms with E-state index in [1.807, 2.05) is 24.0 Å². The number of hydrogen-bond acceptors (Lipinski definition) is 3. The van der Waals surface area contributed by atoms with Crippen LogP contribution in [0.1, 0.15) is 21.6 Å². The number of anilines is 1. The standard InChI is InChI=1S/C18H21N3O/c1-14-4-3-5-17(12-14)20-8-10-21(11-9-20)18(22)16-7-6-15(2)19-13-16/h3-7,12-13H,8-11H2,1-2H3. The normalized spacial score (nSPS) is 15.0. The number of rotatable bonds is 2. The van der Waals surface area contributed by atoms with Crippen LogP contribution in [-0.4, -0.2) is 42.0 Å². The van der Waals surface area contributed by atoms with Crippen molar-refractivity contribution >= 4 is 11.6 Å². The summed E-state index contributed by atoms with van der Waals surface area (Å²) in [4.78, 5) is 20.9. The van der Waals surface area contributed by atoms with Crippen molar-refractivity contribution < 1.29 is 4.79 Å². The number of aromatic nitrogens is 1. The van der Waals surface area contributed by atoms with Gasteiger partial charge in [-0.05, 0) is 43.7 Å². The molecule has 1 aliphatic rings. The molecule has 3 rings (SSSR count). The number of nitrogens with zero attached hydrogens (tertiary/aromatic N) is 3. The van der Waals surface area contributed by atoms with E-state index in [9.17, 15) is 4.79 Å². The van der Waals surface area contributed by atoms with Crippen molar-refractivity contribution in [1.82, 2.24) is 9.88 Å². The predicted molar refractivity (Wildman–Crippen MR) is 88.3 cm³/mol. The Bertz CT molecular complexity index is 658. The van der Waals surface area contributed by atoms with Gasteiger partial charge in [-0.1, -0.05) is 12.1 Å². The third kappa shape index (κ3) is 3.11. The second-order valence-electron chi connectivity index (χ2n) is 5.81. The van der Waals surface area contributed by atoms with Crippen LogP contribution >= 0.6 is 0 Å². The molecule has 1 saturated heterocycles. The van der Waals surface area contributed by atoms with Crippen molar-refractivity contribution in [2.75, 3.05) is 31.1 Å². The Hall–Kier alpha value is -2.36. The number of carbonyl (C=O) groups is 1. The summed E-state index contributed by atoms with van der Waals surface area (Å²) in [5, 5.41) is 0. The van der Waals surface area contributed by atoms with Crippen molar-refractivity contribution in [2.24, 2.45) is 0 Å². The topological polar surface area (TPSA) is 36.4 Å². The summed E-state index contributed by atoms with van der Waals surface area (Å²) in [7, 11) is 0. The van der Waals surface area contributed by atoms with Crippen LogP contribution in [-0.2, 0) is 0 Å². The number of aryl methyl sites for hydroxylation is 2. The van der Waals surface area contributed by atoms with E-state index < -0.39 is 0 Å². The van der Waals surface area contributed by atoms with E-state index in [0.29, 0.717) is 5.56 Å². The van der Waals surface area contributed by atoms with Gasteiger partial charge in [-0.2, -0.15) is 0 Å². The molecule has 0 atom stereocenters. The molecule has 2 aromatic rings. The molecule has 1 amide bonds. The van der Waals surface area contributed by atoms with Crippen LogP contribution in [0.2, 0.25) is 0 Å². The first-order chi connectivity index (χ1) is 10.6. The molecule has 1 fully saturated rings. The monoisotopic (exact) mass is 295 g/mol. The first-order valence-corrected chi connectivity index (χ1v) is 7.67. The molecule has 1 aromatic heterocycles. The maximum absolute atomic E-state index is 12.5. The lowest BCUT2D eigenvalue weighted by molar-refractivity contribution is 0.0746. The number of benzene rings is 1. The minimum atomic E-state index is 0.0800. The molecule has 4 nitrogen and oxygen atoms in total. The first-order valence-electron chi connectivity index (χ1n) is 7.67. The van der Waals surface area contributed by atoms with E-state index in [-0.39, 0.29) is 5.91 Å². The Balaban J connectivity index is 1.64. The molecule has 0 saturated carbocycles. The zero-order valence-corrected chi connectivity index (χ0v) is 13.1. The molecule has 4 heteroatoms. The Morgan fingerprint density at radius 1 is 1.05 bits per heavy atom. The average molecular weight is 295 g/mol. The van der Waals surface area contributed by atoms with Gasteiger partial charge >= 0.3 is 0 Å². The molecule has 0 bridgehead atoms. The molecule has 0 aliphatic carbocycles. The zero-order valence-electron chi connectivity index (χ0n) is 13.1. The number of hydrogen-bond donors (Lipinski definition) is 0. The molecule has 0 radical (unpaired) electrons. The molecule has 22 heavy (non-hydrogen) atoms. The number of carbonyl (C=O) groups excluding carboxylic acids is 1. The summed E-state index contributed by atoms with van der Waals surface area (Å²) in [6.07, 6.45) is 1.67. The maximum Gasteiger partial charge on any atom is 0.255 e. The van der Waals surface area contributed by atoms with E-state index in [2.05, 4.69) is 41.1 Å². The average Bonchev–Trinajstić information content (AvgIpc) is 2.55. The van der Waals surface area contributed by atoms with Crippen molar-refractivity contribution in [3.05, 3.63) is 59.4 Å². The van der Waals surface area contributed by atoms with Gasteiger partial charge in [0.1, 0.15) is 0 Å². The minimum absolute atomic E-state index is 0.0800. The Labute approximate surface area is 131 Å². The second kappa shape index (κ2) is 6.18. The van der Waals surface area contributed by atoms with Gasteiger partial charge in [-0.15, -0.1) is 0 Å². The smallest absolute Gasteiger partial charge is 0.255 e. The van der Waals surface area contributed by atoms with Crippen LogP contribution in [0.25, 0.3) is 0 Å². The molecular weight excluding hydrogens is 274 g/mol. The van der Waals surface area contributed by atoms with Crippen LogP contribution in [0.3, 0.4) is 0 Å². The van der Waals surface area contributed by atoms with Gasteiger partial charge < -0.3 is 9.80 Å². The summed E-state index contributed by atoms with van der Waals surface area (Å²) in [6.45, 7) is 7.27. The predicted octanol–water partition coefficient (Wildman–Crippen LogP) is 2.66. The number of amides is 1. The Morgan fingerprint density at radius 2 is 1.82 bits per heavy atom. The molecule has 114 valence electrons. The van der Waals surface area contributed by atoms with E-state index in [0.717, 1.165) is 31.9 Å². The number of pyridine rings is 1. The lowest BCUT2D eigenvalue weighted by atomic mass is 10.1.